The molecular weight excluding hydrogens is 206 g/mol. The summed E-state index contributed by atoms with van der Waals surface area (Å²) in [5.41, 5.74) is 5.69. The molecule has 0 radical (unpaired) electrons. The van der Waals surface area contributed by atoms with Crippen LogP contribution in [0.1, 0.15) is 19.3 Å². The highest BCUT2D eigenvalue weighted by molar-refractivity contribution is 5.75. The second kappa shape index (κ2) is 5.46. The van der Waals surface area contributed by atoms with Gasteiger partial charge in [0, 0.05) is 19.3 Å². The van der Waals surface area contributed by atoms with Crippen molar-refractivity contribution in [3.8, 4) is 0 Å². The molecule has 2 unspecified atom stereocenters. The largest absolute Gasteiger partial charge is 0.465 e. The molecule has 2 aliphatic rings. The number of carbonyl (C=O) groups is 1. The molecule has 2 atom stereocenters. The lowest BCUT2D eigenvalue weighted by molar-refractivity contribution is -0.149. The number of hydrogen-bond donors (Lipinski definition) is 1. The van der Waals surface area contributed by atoms with Gasteiger partial charge in [0.05, 0.1) is 12.5 Å². The Kier molecular flexibility index (Phi) is 3.96. The van der Waals surface area contributed by atoms with Gasteiger partial charge in [0.15, 0.2) is 0 Å². The molecule has 0 aromatic rings. The van der Waals surface area contributed by atoms with Gasteiger partial charge in [0.25, 0.3) is 0 Å². The van der Waals surface area contributed by atoms with E-state index in [0.29, 0.717) is 18.9 Å². The molecule has 0 bridgehead atoms. The van der Waals surface area contributed by atoms with E-state index in [1.165, 1.54) is 0 Å². The van der Waals surface area contributed by atoms with E-state index in [1.807, 2.05) is 12.2 Å². The fraction of sp³-hybridized carbons (Fsp3) is 0.750. The summed E-state index contributed by atoms with van der Waals surface area (Å²) in [7, 11) is 0. The third-order valence-electron chi connectivity index (χ3n) is 3.22. The predicted octanol–water partition coefficient (Wildman–Crippen LogP) is 0.860. The van der Waals surface area contributed by atoms with Crippen LogP contribution in [0.15, 0.2) is 12.2 Å². The first-order valence-electron chi connectivity index (χ1n) is 5.94. The number of hydrogen-bond acceptors (Lipinski definition) is 4. The Morgan fingerprint density at radius 3 is 2.75 bits per heavy atom. The van der Waals surface area contributed by atoms with Crippen LogP contribution in [0, 0.1) is 11.8 Å². The third kappa shape index (κ3) is 3.06. The first-order valence-corrected chi connectivity index (χ1v) is 5.94. The van der Waals surface area contributed by atoms with Gasteiger partial charge in [-0.3, -0.25) is 4.79 Å². The van der Waals surface area contributed by atoms with Crippen molar-refractivity contribution in [3.05, 3.63) is 12.2 Å². The van der Waals surface area contributed by atoms with E-state index < -0.39 is 0 Å². The average Bonchev–Trinajstić information content (AvgIpc) is 2.74. The van der Waals surface area contributed by atoms with Gasteiger partial charge >= 0.3 is 5.97 Å². The predicted molar refractivity (Wildman–Crippen MR) is 59.7 cm³/mol. The Bertz CT molecular complexity index is 271. The highest BCUT2D eigenvalue weighted by Crippen LogP contribution is 2.20. The molecule has 1 aliphatic carbocycles. The van der Waals surface area contributed by atoms with E-state index in [-0.39, 0.29) is 17.9 Å². The van der Waals surface area contributed by atoms with Crippen LogP contribution >= 0.6 is 0 Å². The zero-order valence-electron chi connectivity index (χ0n) is 9.43. The van der Waals surface area contributed by atoms with E-state index in [0.717, 1.165) is 26.1 Å². The Morgan fingerprint density at radius 1 is 1.38 bits per heavy atom. The molecule has 0 spiro atoms. The van der Waals surface area contributed by atoms with Crippen LogP contribution in [-0.2, 0) is 14.3 Å². The van der Waals surface area contributed by atoms with E-state index in [1.54, 1.807) is 0 Å². The summed E-state index contributed by atoms with van der Waals surface area (Å²) in [5.74, 6) is 0.210. The third-order valence-corrected chi connectivity index (χ3v) is 3.22. The standard InChI is InChI=1S/C12H19NO3/c13-11-2-1-10(7-11)12(14)16-8-9-3-5-15-6-4-9/h1-2,9-11H,3-8,13H2. The highest BCUT2D eigenvalue weighted by atomic mass is 16.5. The summed E-state index contributed by atoms with van der Waals surface area (Å²) >= 11 is 0. The monoisotopic (exact) mass is 225 g/mol. The minimum atomic E-state index is -0.130. The molecule has 1 saturated heterocycles. The summed E-state index contributed by atoms with van der Waals surface area (Å²) in [6, 6.07) is 0.0145. The summed E-state index contributed by atoms with van der Waals surface area (Å²) in [4.78, 5) is 11.7. The lowest BCUT2D eigenvalue weighted by Crippen LogP contribution is -2.25. The molecule has 2 N–H and O–H groups in total. The SMILES string of the molecule is NC1C=CC(C(=O)OCC2CCOCC2)C1. The zero-order chi connectivity index (χ0) is 11.4. The lowest BCUT2D eigenvalue weighted by atomic mass is 10.0. The van der Waals surface area contributed by atoms with Crippen molar-refractivity contribution in [1.82, 2.24) is 0 Å². The maximum atomic E-state index is 11.7. The van der Waals surface area contributed by atoms with Crippen molar-refractivity contribution < 1.29 is 14.3 Å². The Balaban J connectivity index is 1.69. The Morgan fingerprint density at radius 2 is 2.12 bits per heavy atom. The van der Waals surface area contributed by atoms with Crippen molar-refractivity contribution in [2.45, 2.75) is 25.3 Å². The van der Waals surface area contributed by atoms with E-state index in [4.69, 9.17) is 15.2 Å². The fourth-order valence-corrected chi connectivity index (χ4v) is 2.12. The van der Waals surface area contributed by atoms with E-state index in [2.05, 4.69) is 0 Å². The van der Waals surface area contributed by atoms with E-state index in [9.17, 15) is 4.79 Å². The molecule has 1 heterocycles. The maximum Gasteiger partial charge on any atom is 0.312 e. The Labute approximate surface area is 95.8 Å². The fourth-order valence-electron chi connectivity index (χ4n) is 2.12. The Hall–Kier alpha value is -0.870. The van der Waals surface area contributed by atoms with Crippen molar-refractivity contribution in [2.75, 3.05) is 19.8 Å². The minimum absolute atomic E-state index is 0.0145. The minimum Gasteiger partial charge on any atom is -0.465 e. The van der Waals surface area contributed by atoms with Crippen LogP contribution in [0.25, 0.3) is 0 Å². The molecule has 0 aromatic heterocycles. The molecule has 90 valence electrons. The molecule has 4 heteroatoms. The van der Waals surface area contributed by atoms with Gasteiger partial charge in [0.1, 0.15) is 0 Å². The molecule has 1 aliphatic heterocycles. The summed E-state index contributed by atoms with van der Waals surface area (Å²) < 4.78 is 10.6. The second-order valence-electron chi connectivity index (χ2n) is 4.58. The van der Waals surface area contributed by atoms with Gasteiger partial charge in [-0.1, -0.05) is 12.2 Å². The topological polar surface area (TPSA) is 61.6 Å². The summed E-state index contributed by atoms with van der Waals surface area (Å²) in [6.45, 7) is 2.11. The first kappa shape index (κ1) is 11.6. The normalized spacial score (nSPS) is 30.6. The van der Waals surface area contributed by atoms with Gasteiger partial charge in [-0.15, -0.1) is 0 Å². The van der Waals surface area contributed by atoms with Crippen LogP contribution in [-0.4, -0.2) is 31.8 Å². The number of nitrogens with two attached hydrogens (primary N) is 1. The van der Waals surface area contributed by atoms with Gasteiger partial charge in [-0.25, -0.2) is 0 Å². The van der Waals surface area contributed by atoms with E-state index >= 15 is 0 Å². The number of esters is 1. The average molecular weight is 225 g/mol. The highest BCUT2D eigenvalue weighted by Gasteiger charge is 2.25. The first-order chi connectivity index (χ1) is 7.75. The molecule has 0 aromatic carbocycles. The molecule has 4 nitrogen and oxygen atoms in total. The van der Waals surface area contributed by atoms with Gasteiger partial charge in [-0.2, -0.15) is 0 Å². The maximum absolute atomic E-state index is 11.7. The summed E-state index contributed by atoms with van der Waals surface area (Å²) in [5, 5.41) is 0. The van der Waals surface area contributed by atoms with Gasteiger partial charge < -0.3 is 15.2 Å². The van der Waals surface area contributed by atoms with Crippen LogP contribution < -0.4 is 5.73 Å². The van der Waals surface area contributed by atoms with Crippen molar-refractivity contribution in [1.29, 1.82) is 0 Å². The zero-order valence-corrected chi connectivity index (χ0v) is 9.43. The molecule has 2 rings (SSSR count). The molecule has 0 saturated carbocycles. The molecule has 0 amide bonds. The second-order valence-corrected chi connectivity index (χ2v) is 4.58. The smallest absolute Gasteiger partial charge is 0.312 e. The van der Waals surface area contributed by atoms with Crippen LogP contribution in [0.3, 0.4) is 0 Å². The molecule has 1 fully saturated rings. The van der Waals surface area contributed by atoms with Crippen molar-refractivity contribution in [2.24, 2.45) is 17.6 Å². The number of ether oxygens (including phenoxy) is 2. The van der Waals surface area contributed by atoms with Gasteiger partial charge in [-0.05, 0) is 25.2 Å². The molecule has 16 heavy (non-hydrogen) atoms. The molecular formula is C12H19NO3. The van der Waals surface area contributed by atoms with Crippen molar-refractivity contribution in [3.63, 3.8) is 0 Å². The van der Waals surface area contributed by atoms with Crippen LogP contribution in [0.4, 0.5) is 0 Å². The number of rotatable bonds is 3. The van der Waals surface area contributed by atoms with Gasteiger partial charge in [0.2, 0.25) is 0 Å². The van der Waals surface area contributed by atoms with Crippen molar-refractivity contribution >= 4 is 5.97 Å². The summed E-state index contributed by atoms with van der Waals surface area (Å²) in [6.07, 6.45) is 6.41. The number of carbonyl (C=O) groups excluding carboxylic acids is 1. The van der Waals surface area contributed by atoms with Crippen LogP contribution in [0.2, 0.25) is 0 Å². The lowest BCUT2D eigenvalue weighted by Gasteiger charge is -2.22. The quantitative estimate of drug-likeness (QED) is 0.571. The van der Waals surface area contributed by atoms with Crippen LogP contribution in [0.5, 0.6) is 0 Å².